The molecule has 0 aliphatic heterocycles. The maximum absolute atomic E-state index is 6.12. The molecule has 2 nitrogen and oxygen atoms in total. The largest absolute Gasteiger partial charge is 0.323 e. The first-order valence-electron chi connectivity index (χ1n) is 6.43. The highest BCUT2D eigenvalue weighted by Gasteiger charge is 2.12. The molecule has 0 fully saturated rings. The maximum atomic E-state index is 6.12. The van der Waals surface area contributed by atoms with Gasteiger partial charge in [-0.1, -0.05) is 11.6 Å². The summed E-state index contributed by atoms with van der Waals surface area (Å²) in [4.78, 5) is 7.31. The Labute approximate surface area is 132 Å². The highest BCUT2D eigenvalue weighted by molar-refractivity contribution is 7.11. The molecular formula is C15H14Cl2N2S. The van der Waals surface area contributed by atoms with Gasteiger partial charge in [0.25, 0.3) is 0 Å². The molecule has 0 spiro atoms. The van der Waals surface area contributed by atoms with E-state index in [2.05, 4.69) is 28.6 Å². The van der Waals surface area contributed by atoms with Crippen molar-refractivity contribution in [3.05, 3.63) is 50.9 Å². The number of aryl methyl sites for hydroxylation is 2. The van der Waals surface area contributed by atoms with Crippen molar-refractivity contribution in [2.24, 2.45) is 0 Å². The molecule has 3 rings (SSSR count). The fourth-order valence-corrected chi connectivity index (χ4v) is 3.54. The fourth-order valence-electron chi connectivity index (χ4n) is 2.32. The number of aromatic nitrogens is 2. The molecule has 5 heteroatoms. The third kappa shape index (κ3) is 2.71. The van der Waals surface area contributed by atoms with E-state index in [1.165, 1.54) is 9.75 Å². The normalized spacial score (nSPS) is 11.3. The van der Waals surface area contributed by atoms with Gasteiger partial charge in [-0.25, -0.2) is 4.98 Å². The van der Waals surface area contributed by atoms with Crippen LogP contribution in [0.1, 0.15) is 15.6 Å². The summed E-state index contributed by atoms with van der Waals surface area (Å²) in [5.41, 5.74) is 2.05. The zero-order valence-corrected chi connectivity index (χ0v) is 13.4. The van der Waals surface area contributed by atoms with Gasteiger partial charge < -0.3 is 4.57 Å². The molecule has 2 heterocycles. The fraction of sp³-hybridized carbons (Fsp3) is 0.267. The van der Waals surface area contributed by atoms with Gasteiger partial charge in [0.05, 0.1) is 17.6 Å². The minimum atomic E-state index is 0.570. The number of thiophene rings is 1. The molecule has 0 saturated carbocycles. The first kappa shape index (κ1) is 13.9. The minimum absolute atomic E-state index is 0.570. The predicted molar refractivity (Wildman–Crippen MR) is 87.3 cm³/mol. The molecule has 0 aliphatic rings. The van der Waals surface area contributed by atoms with Crippen molar-refractivity contribution in [2.45, 2.75) is 19.9 Å². The lowest BCUT2D eigenvalue weighted by Gasteiger charge is -2.07. The molecule has 3 aromatic rings. The molecule has 0 aliphatic carbocycles. The molecule has 0 unspecified atom stereocenters. The lowest BCUT2D eigenvalue weighted by molar-refractivity contribution is 0.763. The van der Waals surface area contributed by atoms with Crippen LogP contribution in [0.4, 0.5) is 0 Å². The van der Waals surface area contributed by atoms with Crippen molar-refractivity contribution >= 4 is 45.6 Å². The van der Waals surface area contributed by atoms with Gasteiger partial charge in [0.1, 0.15) is 5.82 Å². The van der Waals surface area contributed by atoms with Crippen molar-refractivity contribution in [2.75, 3.05) is 5.88 Å². The number of nitrogens with zero attached hydrogens (tertiary/aromatic N) is 2. The molecule has 1 aromatic carbocycles. The lowest BCUT2D eigenvalue weighted by atomic mass is 10.3. The maximum Gasteiger partial charge on any atom is 0.111 e. The van der Waals surface area contributed by atoms with Gasteiger partial charge >= 0.3 is 0 Å². The van der Waals surface area contributed by atoms with Gasteiger partial charge in [0, 0.05) is 27.1 Å². The topological polar surface area (TPSA) is 17.8 Å². The van der Waals surface area contributed by atoms with Crippen LogP contribution in [0.5, 0.6) is 0 Å². The summed E-state index contributed by atoms with van der Waals surface area (Å²) in [5, 5.41) is 0.735. The Kier molecular flexibility index (Phi) is 4.01. The second-order valence-corrected chi connectivity index (χ2v) is 6.89. The van der Waals surface area contributed by atoms with E-state index in [-0.39, 0.29) is 0 Å². The number of rotatable bonds is 4. The molecular weight excluding hydrogens is 311 g/mol. The summed E-state index contributed by atoms with van der Waals surface area (Å²) in [6.45, 7) is 2.94. The van der Waals surface area contributed by atoms with Crippen molar-refractivity contribution in [1.82, 2.24) is 9.55 Å². The van der Waals surface area contributed by atoms with E-state index in [0.717, 1.165) is 34.8 Å². The van der Waals surface area contributed by atoms with Gasteiger partial charge in [-0.15, -0.1) is 22.9 Å². The number of alkyl halides is 1. The molecule has 0 radical (unpaired) electrons. The van der Waals surface area contributed by atoms with Crippen molar-refractivity contribution < 1.29 is 0 Å². The van der Waals surface area contributed by atoms with Crippen LogP contribution in [-0.2, 0) is 13.0 Å². The van der Waals surface area contributed by atoms with E-state index in [1.54, 1.807) is 0 Å². The smallest absolute Gasteiger partial charge is 0.111 e. The molecule has 0 saturated heterocycles. The van der Waals surface area contributed by atoms with Crippen LogP contribution in [-0.4, -0.2) is 15.4 Å². The highest BCUT2D eigenvalue weighted by atomic mass is 35.5. The predicted octanol–water partition coefficient (Wildman–Crippen LogP) is 4.89. The molecule has 0 bridgehead atoms. The monoisotopic (exact) mass is 324 g/mol. The zero-order valence-electron chi connectivity index (χ0n) is 11.1. The molecule has 0 atom stereocenters. The Morgan fingerprint density at radius 2 is 2.10 bits per heavy atom. The van der Waals surface area contributed by atoms with Crippen molar-refractivity contribution in [3.8, 4) is 0 Å². The summed E-state index contributed by atoms with van der Waals surface area (Å²) < 4.78 is 2.22. The quantitative estimate of drug-likeness (QED) is 0.625. The van der Waals surface area contributed by atoms with Gasteiger partial charge in [0.2, 0.25) is 0 Å². The van der Waals surface area contributed by atoms with E-state index < -0.39 is 0 Å². The first-order chi connectivity index (χ1) is 9.67. The van der Waals surface area contributed by atoms with Crippen molar-refractivity contribution in [3.63, 3.8) is 0 Å². The standard InChI is InChI=1S/C15H14Cl2N2S/c1-10-2-4-12(20-10)9-19-14-8-11(17)3-5-13(14)18-15(19)6-7-16/h2-5,8H,6-7,9H2,1H3. The first-order valence-corrected chi connectivity index (χ1v) is 8.16. The van der Waals surface area contributed by atoms with Crippen LogP contribution in [0.15, 0.2) is 30.3 Å². The zero-order chi connectivity index (χ0) is 14.1. The van der Waals surface area contributed by atoms with Gasteiger partial charge in [-0.3, -0.25) is 0 Å². The number of benzene rings is 1. The molecule has 0 amide bonds. The Balaban J connectivity index is 2.09. The summed E-state index contributed by atoms with van der Waals surface area (Å²) in [6.07, 6.45) is 0.762. The molecule has 2 aromatic heterocycles. The Bertz CT molecular complexity index is 745. The summed E-state index contributed by atoms with van der Waals surface area (Å²) in [6, 6.07) is 10.1. The lowest BCUT2D eigenvalue weighted by Crippen LogP contribution is -2.04. The number of fused-ring (bicyclic) bond motifs is 1. The van der Waals surface area contributed by atoms with Crippen LogP contribution < -0.4 is 0 Å². The second kappa shape index (κ2) is 5.76. The summed E-state index contributed by atoms with van der Waals surface area (Å²) in [7, 11) is 0. The van der Waals surface area contributed by atoms with Crippen LogP contribution in [0.25, 0.3) is 11.0 Å². The van der Waals surface area contributed by atoms with E-state index in [0.29, 0.717) is 5.88 Å². The number of hydrogen-bond acceptors (Lipinski definition) is 2. The Morgan fingerprint density at radius 1 is 1.25 bits per heavy atom. The van der Waals surface area contributed by atoms with Gasteiger partial charge in [0.15, 0.2) is 0 Å². The molecule has 0 N–H and O–H groups in total. The Morgan fingerprint density at radius 3 is 2.80 bits per heavy atom. The second-order valence-electron chi connectivity index (χ2n) is 4.70. The third-order valence-corrected chi connectivity index (χ3v) is 4.63. The number of imidazole rings is 1. The molecule has 20 heavy (non-hydrogen) atoms. The van der Waals surface area contributed by atoms with Crippen LogP contribution in [0.2, 0.25) is 5.02 Å². The Hall–Kier alpha value is -1.03. The van der Waals surface area contributed by atoms with E-state index in [1.807, 2.05) is 29.5 Å². The van der Waals surface area contributed by atoms with Crippen LogP contribution >= 0.6 is 34.5 Å². The average molecular weight is 325 g/mol. The van der Waals surface area contributed by atoms with Crippen LogP contribution in [0, 0.1) is 6.92 Å². The van der Waals surface area contributed by atoms with E-state index in [9.17, 15) is 0 Å². The van der Waals surface area contributed by atoms with Crippen molar-refractivity contribution in [1.29, 1.82) is 0 Å². The third-order valence-electron chi connectivity index (χ3n) is 3.22. The number of halogens is 2. The summed E-state index contributed by atoms with van der Waals surface area (Å²) >= 11 is 13.8. The minimum Gasteiger partial charge on any atom is -0.323 e. The molecule has 104 valence electrons. The summed E-state index contributed by atoms with van der Waals surface area (Å²) in [5.74, 6) is 1.59. The van der Waals surface area contributed by atoms with Crippen LogP contribution in [0.3, 0.4) is 0 Å². The van der Waals surface area contributed by atoms with Gasteiger partial charge in [-0.2, -0.15) is 0 Å². The van der Waals surface area contributed by atoms with E-state index >= 15 is 0 Å². The number of hydrogen-bond donors (Lipinski definition) is 0. The van der Waals surface area contributed by atoms with Gasteiger partial charge in [-0.05, 0) is 37.3 Å². The average Bonchev–Trinajstić information content (AvgIpc) is 2.96. The van der Waals surface area contributed by atoms with E-state index in [4.69, 9.17) is 23.2 Å². The SMILES string of the molecule is Cc1ccc(Cn2c(CCCl)nc3ccc(Cl)cc32)s1. The highest BCUT2D eigenvalue weighted by Crippen LogP contribution is 2.24.